The van der Waals surface area contributed by atoms with Gasteiger partial charge in [0.2, 0.25) is 0 Å². The Bertz CT molecular complexity index is 545. The molecular weight excluding hydrogens is 280 g/mol. The highest BCUT2D eigenvalue weighted by Gasteiger charge is 2.19. The summed E-state index contributed by atoms with van der Waals surface area (Å²) < 4.78 is 15.6. The standard InChI is InChI=1S/C13H16N2O4S/c1-17-9-7-11(19-3)10(18-2)6-8(9)12(16)15-13-14-4-5-20-13/h6-7H,4-5H2,1-3H3,(H,14,15,16). The van der Waals surface area contributed by atoms with Gasteiger partial charge in [0, 0.05) is 17.9 Å². The molecule has 1 aromatic carbocycles. The Morgan fingerprint density at radius 3 is 2.35 bits per heavy atom. The van der Waals surface area contributed by atoms with E-state index in [9.17, 15) is 4.79 Å². The molecule has 0 atom stereocenters. The van der Waals surface area contributed by atoms with Crippen LogP contribution in [0.3, 0.4) is 0 Å². The second-order valence-corrected chi connectivity index (χ2v) is 4.98. The monoisotopic (exact) mass is 296 g/mol. The van der Waals surface area contributed by atoms with Crippen LogP contribution in [0.15, 0.2) is 17.1 Å². The van der Waals surface area contributed by atoms with Crippen molar-refractivity contribution in [3.63, 3.8) is 0 Å². The molecule has 0 aromatic heterocycles. The molecule has 0 saturated heterocycles. The van der Waals surface area contributed by atoms with Gasteiger partial charge >= 0.3 is 0 Å². The predicted molar refractivity (Wildman–Crippen MR) is 78.3 cm³/mol. The molecule has 0 aliphatic carbocycles. The summed E-state index contributed by atoms with van der Waals surface area (Å²) >= 11 is 1.52. The number of hydrogen-bond donors (Lipinski definition) is 1. The van der Waals surface area contributed by atoms with Crippen molar-refractivity contribution < 1.29 is 19.0 Å². The number of methoxy groups -OCH3 is 3. The fraction of sp³-hybridized carbons (Fsp3) is 0.385. The van der Waals surface area contributed by atoms with E-state index in [0.29, 0.717) is 28.0 Å². The molecule has 1 amide bonds. The summed E-state index contributed by atoms with van der Waals surface area (Å²) in [5.41, 5.74) is 0.375. The van der Waals surface area contributed by atoms with Crippen LogP contribution >= 0.6 is 11.8 Å². The highest BCUT2D eigenvalue weighted by molar-refractivity contribution is 8.14. The van der Waals surface area contributed by atoms with Crippen LogP contribution < -0.4 is 19.5 Å². The Kier molecular flexibility index (Phi) is 4.73. The lowest BCUT2D eigenvalue weighted by Gasteiger charge is -2.13. The average Bonchev–Trinajstić information content (AvgIpc) is 2.98. The third-order valence-corrected chi connectivity index (χ3v) is 3.65. The lowest BCUT2D eigenvalue weighted by Crippen LogP contribution is -2.27. The summed E-state index contributed by atoms with van der Waals surface area (Å²) in [7, 11) is 4.55. The van der Waals surface area contributed by atoms with Crippen molar-refractivity contribution in [2.75, 3.05) is 33.6 Å². The first-order chi connectivity index (χ1) is 9.69. The molecule has 1 heterocycles. The minimum Gasteiger partial charge on any atom is -0.496 e. The van der Waals surface area contributed by atoms with E-state index in [2.05, 4.69) is 10.3 Å². The van der Waals surface area contributed by atoms with Crippen molar-refractivity contribution in [2.45, 2.75) is 0 Å². The van der Waals surface area contributed by atoms with Gasteiger partial charge in [-0.05, 0) is 0 Å². The Morgan fingerprint density at radius 2 is 1.80 bits per heavy atom. The minimum atomic E-state index is -0.282. The Hall–Kier alpha value is -1.89. The van der Waals surface area contributed by atoms with Crippen LogP contribution in [0, 0.1) is 0 Å². The van der Waals surface area contributed by atoms with Gasteiger partial charge in [0.05, 0.1) is 33.4 Å². The van der Waals surface area contributed by atoms with Gasteiger partial charge in [-0.1, -0.05) is 11.8 Å². The zero-order chi connectivity index (χ0) is 14.5. The van der Waals surface area contributed by atoms with Crippen LogP contribution in [0.5, 0.6) is 17.2 Å². The van der Waals surface area contributed by atoms with Gasteiger partial charge in [-0.2, -0.15) is 0 Å². The van der Waals surface area contributed by atoms with Crippen LogP contribution in [0.25, 0.3) is 0 Å². The summed E-state index contributed by atoms with van der Waals surface area (Å²) in [6.07, 6.45) is 0. The summed E-state index contributed by atoms with van der Waals surface area (Å²) in [5, 5.41) is 3.39. The highest BCUT2D eigenvalue weighted by Crippen LogP contribution is 2.34. The molecule has 1 aromatic rings. The molecule has 0 spiro atoms. The molecule has 108 valence electrons. The molecule has 20 heavy (non-hydrogen) atoms. The first-order valence-electron chi connectivity index (χ1n) is 5.98. The van der Waals surface area contributed by atoms with E-state index in [0.717, 1.165) is 12.3 Å². The van der Waals surface area contributed by atoms with E-state index in [4.69, 9.17) is 14.2 Å². The number of amidine groups is 1. The summed E-state index contributed by atoms with van der Waals surface area (Å²) in [5.74, 6) is 2.01. The fourth-order valence-corrected chi connectivity index (χ4v) is 2.51. The third kappa shape index (κ3) is 2.98. The fourth-order valence-electron chi connectivity index (χ4n) is 1.78. The lowest BCUT2D eigenvalue weighted by atomic mass is 10.1. The first kappa shape index (κ1) is 14.5. The number of rotatable bonds is 4. The van der Waals surface area contributed by atoms with Crippen LogP contribution in [-0.2, 0) is 0 Å². The first-order valence-corrected chi connectivity index (χ1v) is 6.96. The average molecular weight is 296 g/mol. The van der Waals surface area contributed by atoms with Gasteiger partial charge in [0.1, 0.15) is 5.75 Å². The molecule has 0 radical (unpaired) electrons. The molecule has 6 nitrogen and oxygen atoms in total. The SMILES string of the molecule is COc1cc(OC)c(C(=O)NC2=NCCS2)cc1OC. The molecule has 0 bridgehead atoms. The maximum atomic E-state index is 12.3. The Morgan fingerprint density at radius 1 is 1.15 bits per heavy atom. The number of thioether (sulfide) groups is 1. The van der Waals surface area contributed by atoms with Crippen LogP contribution in [0.4, 0.5) is 0 Å². The molecule has 1 N–H and O–H groups in total. The van der Waals surface area contributed by atoms with E-state index in [-0.39, 0.29) is 5.91 Å². The van der Waals surface area contributed by atoms with E-state index >= 15 is 0 Å². The number of amides is 1. The van der Waals surface area contributed by atoms with Crippen molar-refractivity contribution in [1.29, 1.82) is 0 Å². The van der Waals surface area contributed by atoms with Crippen molar-refractivity contribution in [3.8, 4) is 17.2 Å². The van der Waals surface area contributed by atoms with Gasteiger partial charge in [-0.3, -0.25) is 9.79 Å². The minimum absolute atomic E-state index is 0.282. The summed E-state index contributed by atoms with van der Waals surface area (Å²) in [6.45, 7) is 0.726. The van der Waals surface area contributed by atoms with Crippen LogP contribution in [0.2, 0.25) is 0 Å². The third-order valence-electron chi connectivity index (χ3n) is 2.76. The number of ether oxygens (including phenoxy) is 3. The zero-order valence-corrected chi connectivity index (χ0v) is 12.4. The Labute approximate surface area is 121 Å². The van der Waals surface area contributed by atoms with Gasteiger partial charge in [-0.25, -0.2) is 0 Å². The molecule has 0 fully saturated rings. The van der Waals surface area contributed by atoms with E-state index in [1.165, 1.54) is 33.1 Å². The largest absolute Gasteiger partial charge is 0.496 e. The van der Waals surface area contributed by atoms with Crippen LogP contribution in [-0.4, -0.2) is 44.7 Å². The topological polar surface area (TPSA) is 69.2 Å². The molecule has 1 aliphatic rings. The lowest BCUT2D eigenvalue weighted by molar-refractivity contribution is 0.0974. The van der Waals surface area contributed by atoms with Gasteiger partial charge in [0.25, 0.3) is 5.91 Å². The number of nitrogens with one attached hydrogen (secondary N) is 1. The molecule has 2 rings (SSSR count). The smallest absolute Gasteiger partial charge is 0.261 e. The number of nitrogens with zero attached hydrogens (tertiary/aromatic N) is 1. The molecule has 1 aliphatic heterocycles. The van der Waals surface area contributed by atoms with Crippen molar-refractivity contribution in [2.24, 2.45) is 4.99 Å². The molecule has 0 unspecified atom stereocenters. The maximum absolute atomic E-state index is 12.3. The number of hydrogen-bond acceptors (Lipinski definition) is 6. The number of benzene rings is 1. The van der Waals surface area contributed by atoms with Crippen molar-refractivity contribution >= 4 is 22.8 Å². The second-order valence-electron chi connectivity index (χ2n) is 3.90. The van der Waals surface area contributed by atoms with Crippen molar-refractivity contribution in [1.82, 2.24) is 5.32 Å². The Balaban J connectivity index is 2.31. The summed E-state index contributed by atoms with van der Waals surface area (Å²) in [4.78, 5) is 16.5. The quantitative estimate of drug-likeness (QED) is 0.913. The van der Waals surface area contributed by atoms with Gasteiger partial charge in [-0.15, -0.1) is 0 Å². The number of carbonyl (C=O) groups is 1. The van der Waals surface area contributed by atoms with E-state index < -0.39 is 0 Å². The molecule has 0 saturated carbocycles. The van der Waals surface area contributed by atoms with Gasteiger partial charge in [0.15, 0.2) is 16.7 Å². The molecular formula is C13H16N2O4S. The normalized spacial score (nSPS) is 13.7. The highest BCUT2D eigenvalue weighted by atomic mass is 32.2. The van der Waals surface area contributed by atoms with Crippen molar-refractivity contribution in [3.05, 3.63) is 17.7 Å². The zero-order valence-electron chi connectivity index (χ0n) is 11.6. The maximum Gasteiger partial charge on any atom is 0.261 e. The van der Waals surface area contributed by atoms with Crippen LogP contribution in [0.1, 0.15) is 10.4 Å². The van der Waals surface area contributed by atoms with E-state index in [1.54, 1.807) is 12.1 Å². The number of aliphatic imine (C=N–C) groups is 1. The van der Waals surface area contributed by atoms with Gasteiger partial charge < -0.3 is 19.5 Å². The second kappa shape index (κ2) is 6.51. The predicted octanol–water partition coefficient (Wildman–Crippen LogP) is 1.54. The number of carbonyl (C=O) groups excluding carboxylic acids is 1. The summed E-state index contributed by atoms with van der Waals surface area (Å²) in [6, 6.07) is 3.21. The molecule has 7 heteroatoms. The van der Waals surface area contributed by atoms with E-state index in [1.807, 2.05) is 0 Å².